The van der Waals surface area contributed by atoms with Gasteiger partial charge in [0.2, 0.25) is 5.91 Å². The van der Waals surface area contributed by atoms with Gasteiger partial charge >= 0.3 is 0 Å². The standard InChI is InChI=1S/C16H20N4O/c1-19-9-8-15(18-19)17-16(21)12-20-10-6-13-4-2-3-5-14(13)7-11-20/h2-5,8-9H,6-7,10-12H2,1H3,(H,17,18,21). The third-order valence-electron chi connectivity index (χ3n) is 3.86. The average molecular weight is 284 g/mol. The molecule has 1 amide bonds. The van der Waals surface area contributed by atoms with Gasteiger partial charge in [-0.3, -0.25) is 14.4 Å². The number of carbonyl (C=O) groups is 1. The number of hydrogen-bond donors (Lipinski definition) is 1. The van der Waals surface area contributed by atoms with Crippen molar-refractivity contribution < 1.29 is 4.79 Å². The highest BCUT2D eigenvalue weighted by atomic mass is 16.2. The molecule has 0 saturated carbocycles. The molecule has 0 unspecified atom stereocenters. The summed E-state index contributed by atoms with van der Waals surface area (Å²) in [5.74, 6) is 0.611. The molecule has 21 heavy (non-hydrogen) atoms. The number of carbonyl (C=O) groups excluding carboxylic acids is 1. The second kappa shape index (κ2) is 6.10. The summed E-state index contributed by atoms with van der Waals surface area (Å²) in [7, 11) is 1.84. The second-order valence-electron chi connectivity index (χ2n) is 5.47. The molecule has 0 bridgehead atoms. The van der Waals surface area contributed by atoms with Gasteiger partial charge in [0.05, 0.1) is 6.54 Å². The van der Waals surface area contributed by atoms with Crippen molar-refractivity contribution in [3.63, 3.8) is 0 Å². The van der Waals surface area contributed by atoms with Crippen molar-refractivity contribution >= 4 is 11.7 Å². The van der Waals surface area contributed by atoms with Gasteiger partial charge in [-0.25, -0.2) is 0 Å². The zero-order chi connectivity index (χ0) is 14.7. The molecule has 1 aromatic heterocycles. The van der Waals surface area contributed by atoms with E-state index in [9.17, 15) is 4.79 Å². The van der Waals surface area contributed by atoms with Crippen molar-refractivity contribution in [3.05, 3.63) is 47.7 Å². The van der Waals surface area contributed by atoms with E-state index in [1.165, 1.54) is 11.1 Å². The summed E-state index contributed by atoms with van der Waals surface area (Å²) in [5.41, 5.74) is 2.82. The molecule has 1 aliphatic heterocycles. The summed E-state index contributed by atoms with van der Waals surface area (Å²) in [6.07, 6.45) is 3.83. The van der Waals surface area contributed by atoms with Gasteiger partial charge in [-0.15, -0.1) is 0 Å². The Balaban J connectivity index is 1.55. The Labute approximate surface area is 124 Å². The lowest BCUT2D eigenvalue weighted by molar-refractivity contribution is -0.117. The van der Waals surface area contributed by atoms with Crippen LogP contribution in [0.1, 0.15) is 11.1 Å². The average Bonchev–Trinajstić information content (AvgIpc) is 2.76. The van der Waals surface area contributed by atoms with E-state index in [-0.39, 0.29) is 5.91 Å². The number of anilines is 1. The molecule has 0 spiro atoms. The maximum Gasteiger partial charge on any atom is 0.239 e. The lowest BCUT2D eigenvalue weighted by Crippen LogP contribution is -2.35. The van der Waals surface area contributed by atoms with Gasteiger partial charge in [0, 0.05) is 32.4 Å². The fourth-order valence-electron chi connectivity index (χ4n) is 2.74. The summed E-state index contributed by atoms with van der Waals surface area (Å²) < 4.78 is 1.68. The molecule has 0 saturated heterocycles. The molecular weight excluding hydrogens is 264 g/mol. The fourth-order valence-corrected chi connectivity index (χ4v) is 2.74. The van der Waals surface area contributed by atoms with Gasteiger partial charge in [0.15, 0.2) is 5.82 Å². The van der Waals surface area contributed by atoms with Gasteiger partial charge in [-0.1, -0.05) is 24.3 Å². The first-order valence-corrected chi connectivity index (χ1v) is 7.29. The first-order valence-electron chi connectivity index (χ1n) is 7.29. The Hall–Kier alpha value is -2.14. The fraction of sp³-hybridized carbons (Fsp3) is 0.375. The van der Waals surface area contributed by atoms with Crippen LogP contribution in [0.2, 0.25) is 0 Å². The summed E-state index contributed by atoms with van der Waals surface area (Å²) in [6.45, 7) is 2.27. The number of amides is 1. The van der Waals surface area contributed by atoms with Crippen molar-refractivity contribution in [2.75, 3.05) is 25.0 Å². The second-order valence-corrected chi connectivity index (χ2v) is 5.47. The maximum absolute atomic E-state index is 12.1. The Bertz CT molecular complexity index is 608. The molecule has 0 radical (unpaired) electrons. The van der Waals surface area contributed by atoms with E-state index in [4.69, 9.17) is 0 Å². The molecule has 2 aromatic rings. The van der Waals surface area contributed by atoms with E-state index < -0.39 is 0 Å². The Morgan fingerprint density at radius 2 is 1.86 bits per heavy atom. The molecule has 5 heteroatoms. The zero-order valence-corrected chi connectivity index (χ0v) is 12.2. The zero-order valence-electron chi connectivity index (χ0n) is 12.2. The highest BCUT2D eigenvalue weighted by Crippen LogP contribution is 2.15. The number of nitrogens with zero attached hydrogens (tertiary/aromatic N) is 3. The third-order valence-corrected chi connectivity index (χ3v) is 3.86. The van der Waals surface area contributed by atoms with Crippen LogP contribution in [-0.4, -0.2) is 40.2 Å². The Morgan fingerprint density at radius 1 is 1.19 bits per heavy atom. The molecule has 0 atom stereocenters. The van der Waals surface area contributed by atoms with E-state index in [2.05, 4.69) is 39.6 Å². The number of rotatable bonds is 3. The molecule has 5 nitrogen and oxygen atoms in total. The highest BCUT2D eigenvalue weighted by molar-refractivity contribution is 5.91. The quantitative estimate of drug-likeness (QED) is 0.928. The van der Waals surface area contributed by atoms with E-state index >= 15 is 0 Å². The minimum Gasteiger partial charge on any atom is -0.308 e. The highest BCUT2D eigenvalue weighted by Gasteiger charge is 2.16. The van der Waals surface area contributed by atoms with Crippen LogP contribution < -0.4 is 5.32 Å². The molecule has 1 N–H and O–H groups in total. The summed E-state index contributed by atoms with van der Waals surface area (Å²) >= 11 is 0. The Morgan fingerprint density at radius 3 is 2.43 bits per heavy atom. The topological polar surface area (TPSA) is 50.2 Å². The maximum atomic E-state index is 12.1. The van der Waals surface area contributed by atoms with Crippen LogP contribution in [0.5, 0.6) is 0 Å². The minimum absolute atomic E-state index is 0.000318. The van der Waals surface area contributed by atoms with Gasteiger partial charge < -0.3 is 5.32 Å². The predicted octanol–water partition coefficient (Wildman–Crippen LogP) is 1.46. The largest absolute Gasteiger partial charge is 0.308 e. The summed E-state index contributed by atoms with van der Waals surface area (Å²) in [4.78, 5) is 14.3. The van der Waals surface area contributed by atoms with Crippen LogP contribution in [0, 0.1) is 0 Å². The number of benzene rings is 1. The van der Waals surface area contributed by atoms with Crippen LogP contribution in [0.25, 0.3) is 0 Å². The van der Waals surface area contributed by atoms with Gasteiger partial charge in [0.25, 0.3) is 0 Å². The molecule has 1 aliphatic rings. The predicted molar refractivity (Wildman–Crippen MR) is 82.1 cm³/mol. The lowest BCUT2D eigenvalue weighted by Gasteiger charge is -2.18. The number of hydrogen-bond acceptors (Lipinski definition) is 3. The molecular formula is C16H20N4O. The van der Waals surface area contributed by atoms with Crippen LogP contribution in [0.4, 0.5) is 5.82 Å². The monoisotopic (exact) mass is 284 g/mol. The van der Waals surface area contributed by atoms with Gasteiger partial charge in [0.1, 0.15) is 0 Å². The van der Waals surface area contributed by atoms with Crippen molar-refractivity contribution in [2.24, 2.45) is 7.05 Å². The molecule has 2 heterocycles. The first kappa shape index (κ1) is 13.8. The lowest BCUT2D eigenvalue weighted by atomic mass is 10.0. The smallest absolute Gasteiger partial charge is 0.239 e. The minimum atomic E-state index is -0.000318. The SMILES string of the molecule is Cn1ccc(NC(=O)CN2CCc3ccccc3CC2)n1. The van der Waals surface area contributed by atoms with Crippen LogP contribution in [0.15, 0.2) is 36.5 Å². The summed E-state index contributed by atoms with van der Waals surface area (Å²) in [6, 6.07) is 10.3. The third kappa shape index (κ3) is 3.49. The van der Waals surface area contributed by atoms with Crippen molar-refractivity contribution in [3.8, 4) is 0 Å². The molecule has 3 rings (SSSR count). The number of nitrogens with one attached hydrogen (secondary N) is 1. The van der Waals surface area contributed by atoms with E-state index in [1.54, 1.807) is 10.7 Å². The van der Waals surface area contributed by atoms with E-state index in [0.717, 1.165) is 25.9 Å². The van der Waals surface area contributed by atoms with E-state index in [1.807, 2.05) is 13.2 Å². The Kier molecular flexibility index (Phi) is 4.01. The molecule has 110 valence electrons. The molecule has 1 aromatic carbocycles. The van der Waals surface area contributed by atoms with Crippen molar-refractivity contribution in [2.45, 2.75) is 12.8 Å². The van der Waals surface area contributed by atoms with E-state index in [0.29, 0.717) is 12.4 Å². The van der Waals surface area contributed by atoms with Crippen LogP contribution in [-0.2, 0) is 24.7 Å². The summed E-state index contributed by atoms with van der Waals surface area (Å²) in [5, 5.41) is 7.00. The number of aromatic nitrogens is 2. The first-order chi connectivity index (χ1) is 10.2. The van der Waals surface area contributed by atoms with Gasteiger partial charge in [-0.2, -0.15) is 5.10 Å². The molecule has 0 fully saturated rings. The number of fused-ring (bicyclic) bond motifs is 1. The van der Waals surface area contributed by atoms with Crippen molar-refractivity contribution in [1.29, 1.82) is 0 Å². The van der Waals surface area contributed by atoms with Crippen molar-refractivity contribution in [1.82, 2.24) is 14.7 Å². The normalized spacial score (nSPS) is 15.3. The van der Waals surface area contributed by atoms with Gasteiger partial charge in [-0.05, 0) is 24.0 Å². The van der Waals surface area contributed by atoms with Crippen LogP contribution in [0.3, 0.4) is 0 Å². The number of aryl methyl sites for hydroxylation is 1. The molecule has 0 aliphatic carbocycles. The van der Waals surface area contributed by atoms with Crippen LogP contribution >= 0.6 is 0 Å².